The third-order valence-electron chi connectivity index (χ3n) is 3.23. The van der Waals surface area contributed by atoms with Crippen molar-refractivity contribution in [3.05, 3.63) is 34.9 Å². The van der Waals surface area contributed by atoms with Crippen LogP contribution in [-0.2, 0) is 4.79 Å². The summed E-state index contributed by atoms with van der Waals surface area (Å²) in [6, 6.07) is 5.57. The van der Waals surface area contributed by atoms with Crippen molar-refractivity contribution in [2.45, 2.75) is 26.3 Å². The number of hydrogen-bond acceptors (Lipinski definition) is 2. The van der Waals surface area contributed by atoms with Gasteiger partial charge in [-0.3, -0.25) is 4.79 Å². The fraction of sp³-hybridized carbons (Fsp3) is 0.357. The van der Waals surface area contributed by atoms with E-state index in [2.05, 4.69) is 6.08 Å². The maximum absolute atomic E-state index is 11.0. The minimum absolute atomic E-state index is 0.0224. The van der Waals surface area contributed by atoms with Crippen LogP contribution in [0, 0.1) is 0 Å². The van der Waals surface area contributed by atoms with Crippen molar-refractivity contribution in [1.29, 1.82) is 0 Å². The molecule has 0 saturated carbocycles. The minimum atomic E-state index is -0.836. The fourth-order valence-electron chi connectivity index (χ4n) is 2.48. The summed E-state index contributed by atoms with van der Waals surface area (Å²) in [5, 5.41) is 9.72. The van der Waals surface area contributed by atoms with E-state index in [-0.39, 0.29) is 12.1 Å². The molecule has 1 heterocycles. The third-order valence-corrected chi connectivity index (χ3v) is 3.47. The van der Waals surface area contributed by atoms with Crippen LogP contribution in [0.2, 0.25) is 5.02 Å². The van der Waals surface area contributed by atoms with Gasteiger partial charge in [-0.05, 0) is 44.5 Å². The topological polar surface area (TPSA) is 40.5 Å². The van der Waals surface area contributed by atoms with Gasteiger partial charge in [0, 0.05) is 16.3 Å². The van der Waals surface area contributed by atoms with Gasteiger partial charge in [0.1, 0.15) is 6.54 Å². The molecule has 4 heteroatoms. The molecule has 1 aromatic rings. The first-order valence-corrected chi connectivity index (χ1v) is 6.18. The molecule has 18 heavy (non-hydrogen) atoms. The van der Waals surface area contributed by atoms with Gasteiger partial charge < -0.3 is 10.0 Å². The highest BCUT2D eigenvalue weighted by Gasteiger charge is 2.32. The summed E-state index contributed by atoms with van der Waals surface area (Å²) in [7, 11) is 0. The number of halogens is 1. The van der Waals surface area contributed by atoms with Gasteiger partial charge in [0.2, 0.25) is 0 Å². The van der Waals surface area contributed by atoms with Gasteiger partial charge in [0.05, 0.1) is 5.54 Å². The molecular weight excluding hydrogens is 250 g/mol. The van der Waals surface area contributed by atoms with Crippen molar-refractivity contribution >= 4 is 28.8 Å². The number of nitrogens with zero attached hydrogens (tertiary/aromatic N) is 1. The molecular formula is C14H16ClNO2. The first kappa shape index (κ1) is 13.0. The predicted octanol–water partition coefficient (Wildman–Crippen LogP) is 3.43. The zero-order chi connectivity index (χ0) is 13.5. The van der Waals surface area contributed by atoms with E-state index in [1.807, 2.05) is 37.8 Å². The molecule has 1 aliphatic rings. The smallest absolute Gasteiger partial charge is 0.323 e. The Bertz CT molecular complexity index is 535. The van der Waals surface area contributed by atoms with E-state index in [9.17, 15) is 4.79 Å². The third kappa shape index (κ3) is 2.23. The van der Waals surface area contributed by atoms with Gasteiger partial charge in [0.25, 0.3) is 0 Å². The highest BCUT2D eigenvalue weighted by atomic mass is 35.5. The fourth-order valence-corrected chi connectivity index (χ4v) is 2.65. The van der Waals surface area contributed by atoms with E-state index >= 15 is 0 Å². The van der Waals surface area contributed by atoms with Gasteiger partial charge in [-0.2, -0.15) is 0 Å². The lowest BCUT2D eigenvalue weighted by atomic mass is 9.89. The minimum Gasteiger partial charge on any atom is -0.480 e. The van der Waals surface area contributed by atoms with E-state index in [1.165, 1.54) is 0 Å². The lowest BCUT2D eigenvalue weighted by Crippen LogP contribution is -2.47. The van der Waals surface area contributed by atoms with Crippen LogP contribution in [0.3, 0.4) is 0 Å². The molecule has 1 aromatic carbocycles. The van der Waals surface area contributed by atoms with Crippen LogP contribution < -0.4 is 4.90 Å². The Hall–Kier alpha value is -1.48. The molecule has 0 radical (unpaired) electrons. The number of hydrogen-bond donors (Lipinski definition) is 1. The molecule has 0 unspecified atom stereocenters. The van der Waals surface area contributed by atoms with Gasteiger partial charge in [0.15, 0.2) is 0 Å². The second kappa shape index (κ2) is 4.32. The second-order valence-electron chi connectivity index (χ2n) is 5.12. The number of carbonyl (C=O) groups is 1. The van der Waals surface area contributed by atoms with Gasteiger partial charge in [-0.25, -0.2) is 0 Å². The molecule has 0 fully saturated rings. The van der Waals surface area contributed by atoms with Crippen LogP contribution in [0.5, 0.6) is 0 Å². The molecule has 0 amide bonds. The van der Waals surface area contributed by atoms with E-state index in [1.54, 1.807) is 6.07 Å². The highest BCUT2D eigenvalue weighted by Crippen LogP contribution is 2.39. The van der Waals surface area contributed by atoms with Crippen molar-refractivity contribution in [2.75, 3.05) is 11.4 Å². The highest BCUT2D eigenvalue weighted by molar-refractivity contribution is 6.30. The Morgan fingerprint density at radius 2 is 2.11 bits per heavy atom. The number of carboxylic acid groups (broad SMARTS) is 1. The molecule has 0 spiro atoms. The second-order valence-corrected chi connectivity index (χ2v) is 5.56. The summed E-state index contributed by atoms with van der Waals surface area (Å²) in [6.07, 6.45) is 2.08. The normalized spacial score (nSPS) is 17.1. The van der Waals surface area contributed by atoms with Crippen molar-refractivity contribution in [1.82, 2.24) is 0 Å². The molecule has 0 aliphatic carbocycles. The summed E-state index contributed by atoms with van der Waals surface area (Å²) in [5.74, 6) is -0.836. The molecule has 0 atom stereocenters. The Morgan fingerprint density at radius 1 is 1.44 bits per heavy atom. The maximum atomic E-state index is 11.0. The number of rotatable bonds is 2. The van der Waals surface area contributed by atoms with Crippen LogP contribution in [0.25, 0.3) is 5.57 Å². The quantitative estimate of drug-likeness (QED) is 0.891. The molecule has 1 aliphatic heterocycles. The lowest BCUT2D eigenvalue weighted by molar-refractivity contribution is -0.135. The predicted molar refractivity (Wildman–Crippen MR) is 74.2 cm³/mol. The lowest BCUT2D eigenvalue weighted by Gasteiger charge is -2.42. The van der Waals surface area contributed by atoms with Gasteiger partial charge >= 0.3 is 5.97 Å². The van der Waals surface area contributed by atoms with E-state index in [0.717, 1.165) is 16.8 Å². The van der Waals surface area contributed by atoms with Crippen LogP contribution in [-0.4, -0.2) is 23.2 Å². The summed E-state index contributed by atoms with van der Waals surface area (Å²) < 4.78 is 0. The zero-order valence-electron chi connectivity index (χ0n) is 10.7. The number of anilines is 1. The van der Waals surface area contributed by atoms with Crippen molar-refractivity contribution in [2.24, 2.45) is 0 Å². The average molecular weight is 266 g/mol. The zero-order valence-corrected chi connectivity index (χ0v) is 11.5. The number of carboxylic acids is 1. The Balaban J connectivity index is 2.57. The Morgan fingerprint density at radius 3 is 2.72 bits per heavy atom. The average Bonchev–Trinajstić information content (AvgIpc) is 2.23. The van der Waals surface area contributed by atoms with Gasteiger partial charge in [-0.1, -0.05) is 17.7 Å². The number of allylic oxidation sites excluding steroid dienone is 1. The number of benzene rings is 1. The molecule has 3 nitrogen and oxygen atoms in total. The maximum Gasteiger partial charge on any atom is 0.323 e. The summed E-state index contributed by atoms with van der Waals surface area (Å²) in [6.45, 7) is 6.02. The summed E-state index contributed by atoms with van der Waals surface area (Å²) in [4.78, 5) is 12.9. The van der Waals surface area contributed by atoms with Crippen molar-refractivity contribution in [3.63, 3.8) is 0 Å². The summed E-state index contributed by atoms with van der Waals surface area (Å²) in [5.41, 5.74) is 2.73. The monoisotopic (exact) mass is 265 g/mol. The molecule has 0 bridgehead atoms. The van der Waals surface area contributed by atoms with Crippen molar-refractivity contribution < 1.29 is 9.90 Å². The number of aliphatic carboxylic acids is 1. The van der Waals surface area contributed by atoms with Crippen LogP contribution in [0.4, 0.5) is 5.69 Å². The van der Waals surface area contributed by atoms with Crippen LogP contribution in [0.15, 0.2) is 24.3 Å². The molecule has 1 N–H and O–H groups in total. The molecule has 2 rings (SSSR count). The standard InChI is InChI=1S/C14H16ClNO2/c1-9-7-14(2,3)16(8-13(17)18)12-5-4-10(15)6-11(9)12/h4-7H,8H2,1-3H3,(H,17,18). The van der Waals surface area contributed by atoms with Crippen molar-refractivity contribution in [3.8, 4) is 0 Å². The Kier molecular flexibility index (Phi) is 3.11. The van der Waals surface area contributed by atoms with E-state index in [4.69, 9.17) is 16.7 Å². The SMILES string of the molecule is CC1=CC(C)(C)N(CC(=O)O)c2ccc(Cl)cc21. The largest absolute Gasteiger partial charge is 0.480 e. The van der Waals surface area contributed by atoms with E-state index < -0.39 is 5.97 Å². The first-order chi connectivity index (χ1) is 8.31. The summed E-state index contributed by atoms with van der Waals surface area (Å²) >= 11 is 6.00. The number of fused-ring (bicyclic) bond motifs is 1. The molecule has 0 aromatic heterocycles. The van der Waals surface area contributed by atoms with E-state index in [0.29, 0.717) is 5.02 Å². The first-order valence-electron chi connectivity index (χ1n) is 5.80. The van der Waals surface area contributed by atoms with Crippen LogP contribution >= 0.6 is 11.6 Å². The molecule has 96 valence electrons. The van der Waals surface area contributed by atoms with Crippen LogP contribution in [0.1, 0.15) is 26.3 Å². The Labute approximate surface area is 112 Å². The molecule has 0 saturated heterocycles. The van der Waals surface area contributed by atoms with Gasteiger partial charge in [-0.15, -0.1) is 0 Å².